The van der Waals surface area contributed by atoms with E-state index in [0.29, 0.717) is 32.9 Å². The Morgan fingerprint density at radius 3 is 2.55 bits per heavy atom. The summed E-state index contributed by atoms with van der Waals surface area (Å²) in [4.78, 5) is 42.7. The molecule has 4 rings (SSSR count). The second kappa shape index (κ2) is 9.46. The van der Waals surface area contributed by atoms with E-state index in [9.17, 15) is 14.4 Å². The number of Topliss-reactive ketones (excluding diaryl/α,β-unsaturated/α-hetero) is 1. The minimum absolute atomic E-state index is 0.0645. The quantitative estimate of drug-likeness (QED) is 0.174. The van der Waals surface area contributed by atoms with Crippen LogP contribution in [0.5, 0.6) is 0 Å². The molecule has 2 aromatic carbocycles. The summed E-state index contributed by atoms with van der Waals surface area (Å²) >= 11 is 1.18. The average molecular weight is 463 g/mol. The van der Waals surface area contributed by atoms with E-state index in [1.807, 2.05) is 26.0 Å². The first-order valence-electron chi connectivity index (χ1n) is 10.3. The number of rotatable bonds is 7. The molecule has 8 heteroatoms. The van der Waals surface area contributed by atoms with E-state index in [1.54, 1.807) is 24.3 Å². The largest absolute Gasteiger partial charge is 0.467 e. The predicted octanol–water partition coefficient (Wildman–Crippen LogP) is 4.42. The summed E-state index contributed by atoms with van der Waals surface area (Å²) in [5.74, 6) is 0.115. The lowest BCUT2D eigenvalue weighted by molar-refractivity contribution is 0.0600. The van der Waals surface area contributed by atoms with Gasteiger partial charge in [-0.2, -0.15) is 0 Å². The number of benzene rings is 2. The van der Waals surface area contributed by atoms with Crippen LogP contribution in [-0.2, 0) is 11.3 Å². The van der Waals surface area contributed by atoms with Crippen molar-refractivity contribution in [3.8, 4) is 0 Å². The Morgan fingerprint density at radius 1 is 1.06 bits per heavy atom. The maximum Gasteiger partial charge on any atom is 0.337 e. The molecule has 4 aromatic rings. The van der Waals surface area contributed by atoms with Crippen LogP contribution in [0.2, 0.25) is 0 Å². The highest BCUT2D eigenvalue weighted by molar-refractivity contribution is 7.99. The molecule has 2 heterocycles. The van der Waals surface area contributed by atoms with Gasteiger partial charge in [0.1, 0.15) is 5.76 Å². The van der Waals surface area contributed by atoms with Crippen molar-refractivity contribution in [2.45, 2.75) is 25.5 Å². The van der Waals surface area contributed by atoms with Crippen molar-refractivity contribution in [1.29, 1.82) is 0 Å². The molecule has 0 unspecified atom stereocenters. The number of aromatic nitrogens is 2. The lowest BCUT2D eigenvalue weighted by Gasteiger charge is -2.12. The van der Waals surface area contributed by atoms with Gasteiger partial charge in [-0.25, -0.2) is 9.78 Å². The Balaban J connectivity index is 1.72. The molecule has 0 saturated heterocycles. The third-order valence-electron chi connectivity index (χ3n) is 5.40. The van der Waals surface area contributed by atoms with Crippen LogP contribution in [0.4, 0.5) is 0 Å². The summed E-state index contributed by atoms with van der Waals surface area (Å²) in [7, 11) is 1.29. The molecule has 33 heavy (non-hydrogen) atoms. The molecule has 0 amide bonds. The number of nitrogens with zero attached hydrogens (tertiary/aromatic N) is 2. The summed E-state index contributed by atoms with van der Waals surface area (Å²) < 4.78 is 11.7. The van der Waals surface area contributed by atoms with E-state index in [0.717, 1.165) is 11.1 Å². The van der Waals surface area contributed by atoms with Crippen molar-refractivity contribution in [2.75, 3.05) is 12.9 Å². The molecule has 0 radical (unpaired) electrons. The van der Waals surface area contributed by atoms with Crippen LogP contribution in [0.15, 0.2) is 69.2 Å². The summed E-state index contributed by atoms with van der Waals surface area (Å²) in [5.41, 5.74) is 3.14. The van der Waals surface area contributed by atoms with Gasteiger partial charge in [-0.3, -0.25) is 14.2 Å². The lowest BCUT2D eigenvalue weighted by Crippen LogP contribution is -2.24. The zero-order chi connectivity index (χ0) is 23.5. The van der Waals surface area contributed by atoms with Gasteiger partial charge in [0.2, 0.25) is 0 Å². The molecule has 0 atom stereocenters. The van der Waals surface area contributed by atoms with Crippen molar-refractivity contribution < 1.29 is 18.7 Å². The number of aryl methyl sites for hydroxylation is 2. The van der Waals surface area contributed by atoms with Crippen molar-refractivity contribution in [2.24, 2.45) is 0 Å². The molecular weight excluding hydrogens is 440 g/mol. The lowest BCUT2D eigenvalue weighted by atomic mass is 10.0. The number of thioether (sulfide) groups is 1. The predicted molar refractivity (Wildman–Crippen MR) is 126 cm³/mol. The zero-order valence-electron chi connectivity index (χ0n) is 18.5. The van der Waals surface area contributed by atoms with Crippen molar-refractivity contribution in [3.05, 3.63) is 93.2 Å². The molecule has 0 N–H and O–H groups in total. The first kappa shape index (κ1) is 22.5. The Kier molecular flexibility index (Phi) is 6.46. The Hall–Kier alpha value is -3.65. The fourth-order valence-electron chi connectivity index (χ4n) is 3.38. The fraction of sp³-hybridized carbons (Fsp3) is 0.200. The average Bonchev–Trinajstić information content (AvgIpc) is 3.33. The van der Waals surface area contributed by atoms with Gasteiger partial charge in [-0.1, -0.05) is 23.9 Å². The van der Waals surface area contributed by atoms with Gasteiger partial charge < -0.3 is 9.15 Å². The number of fused-ring (bicyclic) bond motifs is 1. The van der Waals surface area contributed by atoms with Crippen molar-refractivity contribution in [3.63, 3.8) is 0 Å². The number of furan rings is 1. The Labute approximate surface area is 194 Å². The summed E-state index contributed by atoms with van der Waals surface area (Å²) in [6.45, 7) is 4.13. The smallest absolute Gasteiger partial charge is 0.337 e. The minimum atomic E-state index is -0.516. The van der Waals surface area contributed by atoms with Crippen LogP contribution < -0.4 is 5.56 Å². The van der Waals surface area contributed by atoms with Gasteiger partial charge in [0, 0.05) is 5.56 Å². The van der Waals surface area contributed by atoms with E-state index in [-0.39, 0.29) is 23.6 Å². The molecule has 168 valence electrons. The van der Waals surface area contributed by atoms with Gasteiger partial charge in [0.25, 0.3) is 5.56 Å². The summed E-state index contributed by atoms with van der Waals surface area (Å²) in [6.07, 6.45) is 1.54. The summed E-state index contributed by atoms with van der Waals surface area (Å²) in [6, 6.07) is 13.7. The third kappa shape index (κ3) is 4.75. The number of hydrogen-bond acceptors (Lipinski definition) is 7. The highest BCUT2D eigenvalue weighted by Gasteiger charge is 2.17. The molecule has 0 aliphatic heterocycles. The normalized spacial score (nSPS) is 11.0. The third-order valence-corrected chi connectivity index (χ3v) is 6.37. The molecule has 0 aliphatic rings. The van der Waals surface area contributed by atoms with E-state index < -0.39 is 5.97 Å². The van der Waals surface area contributed by atoms with Gasteiger partial charge in [0.05, 0.1) is 42.1 Å². The van der Waals surface area contributed by atoms with Crippen LogP contribution in [-0.4, -0.2) is 34.2 Å². The van der Waals surface area contributed by atoms with Crippen LogP contribution >= 0.6 is 11.8 Å². The van der Waals surface area contributed by atoms with Crippen molar-refractivity contribution >= 4 is 34.4 Å². The van der Waals surface area contributed by atoms with Crippen LogP contribution in [0.3, 0.4) is 0 Å². The van der Waals surface area contributed by atoms with Crippen LogP contribution in [0.1, 0.15) is 37.6 Å². The van der Waals surface area contributed by atoms with Gasteiger partial charge in [-0.15, -0.1) is 0 Å². The fourth-order valence-corrected chi connectivity index (χ4v) is 4.27. The number of ketones is 1. The SMILES string of the molecule is COC(=O)c1ccc2c(=O)n(Cc3ccco3)c(SCC(=O)c3ccc(C)c(C)c3)nc2c1. The molecule has 0 bridgehead atoms. The van der Waals surface area contributed by atoms with Crippen LogP contribution in [0, 0.1) is 13.8 Å². The molecular formula is C25H22N2O5S. The van der Waals surface area contributed by atoms with Gasteiger partial charge >= 0.3 is 5.97 Å². The topological polar surface area (TPSA) is 91.4 Å². The van der Waals surface area contributed by atoms with Gasteiger partial charge in [0.15, 0.2) is 10.9 Å². The molecule has 0 fully saturated rings. The summed E-state index contributed by atoms with van der Waals surface area (Å²) in [5, 5.41) is 0.724. The molecule has 0 saturated carbocycles. The first-order chi connectivity index (χ1) is 15.9. The number of carbonyl (C=O) groups is 2. The first-order valence-corrected chi connectivity index (χ1v) is 11.2. The maximum atomic E-state index is 13.3. The zero-order valence-corrected chi connectivity index (χ0v) is 19.3. The van der Waals surface area contributed by atoms with Crippen molar-refractivity contribution in [1.82, 2.24) is 9.55 Å². The molecule has 0 aliphatic carbocycles. The second-order valence-electron chi connectivity index (χ2n) is 7.60. The number of esters is 1. The van der Waals surface area contributed by atoms with Crippen LogP contribution in [0.25, 0.3) is 10.9 Å². The number of carbonyl (C=O) groups excluding carboxylic acids is 2. The monoisotopic (exact) mass is 462 g/mol. The number of methoxy groups -OCH3 is 1. The number of ether oxygens (including phenoxy) is 1. The highest BCUT2D eigenvalue weighted by atomic mass is 32.2. The Morgan fingerprint density at radius 2 is 1.85 bits per heavy atom. The minimum Gasteiger partial charge on any atom is -0.467 e. The highest BCUT2D eigenvalue weighted by Crippen LogP contribution is 2.22. The number of hydrogen-bond donors (Lipinski definition) is 0. The molecule has 7 nitrogen and oxygen atoms in total. The van der Waals surface area contributed by atoms with E-state index >= 15 is 0 Å². The van der Waals surface area contributed by atoms with E-state index in [2.05, 4.69) is 4.98 Å². The standard InChI is InChI=1S/C25H22N2O5S/c1-15-6-7-17(11-16(15)2)22(28)14-33-25-26-21-12-18(24(30)31-3)8-9-20(21)23(29)27(25)13-19-5-4-10-32-19/h4-12H,13-14H2,1-3H3. The van der Waals surface area contributed by atoms with Gasteiger partial charge in [-0.05, 0) is 61.4 Å². The maximum absolute atomic E-state index is 13.3. The second-order valence-corrected chi connectivity index (χ2v) is 8.54. The molecule has 2 aromatic heterocycles. The van der Waals surface area contributed by atoms with E-state index in [1.165, 1.54) is 41.8 Å². The van der Waals surface area contributed by atoms with E-state index in [4.69, 9.17) is 9.15 Å². The molecule has 0 spiro atoms. The Bertz CT molecular complexity index is 1410.